The van der Waals surface area contributed by atoms with Crippen molar-refractivity contribution >= 4 is 17.4 Å². The van der Waals surface area contributed by atoms with Crippen molar-refractivity contribution in [1.29, 1.82) is 0 Å². The summed E-state index contributed by atoms with van der Waals surface area (Å²) in [6.07, 6.45) is 2.83. The zero-order valence-corrected chi connectivity index (χ0v) is 16.1. The van der Waals surface area contributed by atoms with E-state index in [1.54, 1.807) is 18.2 Å². The molecule has 0 atom stereocenters. The molecule has 0 saturated carbocycles. The van der Waals surface area contributed by atoms with Crippen LogP contribution in [-0.2, 0) is 13.0 Å². The number of aryl methyl sites for hydroxylation is 1. The molecule has 0 fully saturated rings. The summed E-state index contributed by atoms with van der Waals surface area (Å²) in [6.45, 7) is 1.39. The minimum atomic E-state index is -1.06. The molecule has 0 unspecified atom stereocenters. The van der Waals surface area contributed by atoms with Crippen LogP contribution in [-0.4, -0.2) is 15.3 Å². The fourth-order valence-corrected chi connectivity index (χ4v) is 3.69. The number of rotatable bonds is 4. The van der Waals surface area contributed by atoms with Crippen LogP contribution in [0.15, 0.2) is 41.3 Å². The van der Waals surface area contributed by atoms with Crippen molar-refractivity contribution in [2.45, 2.75) is 32.7 Å². The van der Waals surface area contributed by atoms with E-state index < -0.39 is 23.0 Å². The Bertz CT molecular complexity index is 1200. The number of anilines is 2. The topological polar surface area (TPSA) is 64.0 Å². The highest BCUT2D eigenvalue weighted by molar-refractivity contribution is 6.00. The molecule has 0 radical (unpaired) electrons. The molecule has 2 aromatic carbocycles. The van der Waals surface area contributed by atoms with Crippen LogP contribution in [0.1, 0.15) is 39.9 Å². The van der Waals surface area contributed by atoms with Gasteiger partial charge in [-0.25, -0.2) is 8.78 Å². The first-order valence-corrected chi connectivity index (χ1v) is 9.47. The van der Waals surface area contributed by atoms with Gasteiger partial charge in [0.2, 0.25) is 11.8 Å². The monoisotopic (exact) mass is 413 g/mol. The molecule has 5 nitrogen and oxygen atoms in total. The van der Waals surface area contributed by atoms with Crippen LogP contribution in [0.2, 0.25) is 0 Å². The molecule has 1 aliphatic rings. The molecule has 0 amide bonds. The highest BCUT2D eigenvalue weighted by Gasteiger charge is 2.20. The van der Waals surface area contributed by atoms with Gasteiger partial charge < -0.3 is 9.88 Å². The van der Waals surface area contributed by atoms with Crippen LogP contribution in [0.25, 0.3) is 0 Å². The number of nitrogens with zero attached hydrogens (tertiary/aromatic N) is 2. The van der Waals surface area contributed by atoms with Gasteiger partial charge in [-0.2, -0.15) is 9.37 Å². The minimum absolute atomic E-state index is 0.0372. The average molecular weight is 413 g/mol. The van der Waals surface area contributed by atoms with Gasteiger partial charge >= 0.3 is 5.56 Å². The molecule has 1 aromatic heterocycles. The lowest BCUT2D eigenvalue weighted by Gasteiger charge is -2.20. The fraction of sp³-hybridized carbons (Fsp3) is 0.227. The predicted octanol–water partition coefficient (Wildman–Crippen LogP) is 4.28. The van der Waals surface area contributed by atoms with Gasteiger partial charge in [-0.15, -0.1) is 0 Å². The van der Waals surface area contributed by atoms with E-state index in [1.807, 2.05) is 0 Å². The summed E-state index contributed by atoms with van der Waals surface area (Å²) in [4.78, 5) is 27.8. The number of carbonyl (C=O) groups excluding carboxylic acids is 1. The van der Waals surface area contributed by atoms with Crippen molar-refractivity contribution in [3.63, 3.8) is 0 Å². The van der Waals surface area contributed by atoms with Gasteiger partial charge in [0.1, 0.15) is 0 Å². The Kier molecular flexibility index (Phi) is 5.15. The Morgan fingerprint density at radius 1 is 1.10 bits per heavy atom. The van der Waals surface area contributed by atoms with E-state index in [0.717, 1.165) is 17.8 Å². The number of hydrogen-bond donors (Lipinski definition) is 1. The summed E-state index contributed by atoms with van der Waals surface area (Å²) >= 11 is 0. The molecule has 4 rings (SSSR count). The van der Waals surface area contributed by atoms with Gasteiger partial charge in [0, 0.05) is 23.9 Å². The van der Waals surface area contributed by atoms with Crippen molar-refractivity contribution in [3.8, 4) is 0 Å². The summed E-state index contributed by atoms with van der Waals surface area (Å²) in [5, 5.41) is 3.02. The summed E-state index contributed by atoms with van der Waals surface area (Å²) in [7, 11) is 0. The third-order valence-electron chi connectivity index (χ3n) is 5.13. The molecule has 154 valence electrons. The Hall–Kier alpha value is -3.42. The van der Waals surface area contributed by atoms with Gasteiger partial charge in [-0.3, -0.25) is 9.59 Å². The molecule has 8 heteroatoms. The Labute approximate surface area is 170 Å². The van der Waals surface area contributed by atoms with E-state index in [4.69, 9.17) is 0 Å². The molecule has 1 aliphatic carbocycles. The Balaban J connectivity index is 1.75. The van der Waals surface area contributed by atoms with Gasteiger partial charge in [0.05, 0.1) is 6.54 Å². The summed E-state index contributed by atoms with van der Waals surface area (Å²) < 4.78 is 42.6. The van der Waals surface area contributed by atoms with E-state index in [2.05, 4.69) is 10.3 Å². The number of Topliss-reactive ketones (excluding diaryl/α,β-unsaturated/α-hetero) is 1. The Morgan fingerprint density at radius 3 is 2.67 bits per heavy atom. The molecule has 0 aliphatic heterocycles. The van der Waals surface area contributed by atoms with Crippen molar-refractivity contribution in [1.82, 2.24) is 9.55 Å². The largest absolute Gasteiger partial charge is 0.325 e. The molecule has 0 saturated heterocycles. The lowest BCUT2D eigenvalue weighted by Crippen LogP contribution is -2.21. The molecular formula is C22H18F3N3O2. The number of carbonyl (C=O) groups is 1. The maximum Gasteiger partial charge on any atom is 0.310 e. The summed E-state index contributed by atoms with van der Waals surface area (Å²) in [5.74, 6) is -2.94. The van der Waals surface area contributed by atoms with Crippen LogP contribution in [0.4, 0.5) is 24.8 Å². The fourth-order valence-electron chi connectivity index (χ4n) is 3.69. The third kappa shape index (κ3) is 3.72. The van der Waals surface area contributed by atoms with Gasteiger partial charge in [0.15, 0.2) is 17.4 Å². The lowest BCUT2D eigenvalue weighted by atomic mass is 9.89. The number of benzene rings is 2. The normalized spacial score (nSPS) is 13.3. The second-order valence-electron chi connectivity index (χ2n) is 7.29. The summed E-state index contributed by atoms with van der Waals surface area (Å²) in [6, 6.07) is 7.68. The van der Waals surface area contributed by atoms with E-state index in [1.165, 1.54) is 17.6 Å². The summed E-state index contributed by atoms with van der Waals surface area (Å²) in [5.41, 5.74) is 1.46. The maximum absolute atomic E-state index is 13.9. The highest BCUT2D eigenvalue weighted by atomic mass is 19.2. The van der Waals surface area contributed by atoms with E-state index in [9.17, 15) is 22.8 Å². The second kappa shape index (κ2) is 7.78. The smallest absolute Gasteiger partial charge is 0.310 e. The first-order chi connectivity index (χ1) is 14.3. The third-order valence-corrected chi connectivity index (χ3v) is 5.13. The first-order valence-electron chi connectivity index (χ1n) is 9.47. The van der Waals surface area contributed by atoms with Crippen molar-refractivity contribution in [2.75, 3.05) is 5.32 Å². The number of aromatic nitrogens is 2. The molecule has 3 aromatic rings. The Morgan fingerprint density at radius 2 is 1.90 bits per heavy atom. The zero-order valence-electron chi connectivity index (χ0n) is 16.1. The molecule has 1 heterocycles. The van der Waals surface area contributed by atoms with E-state index in [-0.39, 0.29) is 23.8 Å². The van der Waals surface area contributed by atoms with Crippen LogP contribution >= 0.6 is 0 Å². The minimum Gasteiger partial charge on any atom is -0.325 e. The molecular weight excluding hydrogens is 395 g/mol. The lowest BCUT2D eigenvalue weighted by molar-refractivity contribution is 0.0972. The van der Waals surface area contributed by atoms with Gasteiger partial charge in [-0.05, 0) is 48.6 Å². The van der Waals surface area contributed by atoms with Gasteiger partial charge in [0.25, 0.3) is 0 Å². The van der Waals surface area contributed by atoms with E-state index >= 15 is 0 Å². The zero-order chi connectivity index (χ0) is 21.4. The van der Waals surface area contributed by atoms with Crippen molar-refractivity contribution < 1.29 is 18.0 Å². The SMILES string of the molecule is Cc1cc(Cn2cc(F)c(=O)nc2Nc2cccc3c2CCCC3=O)cc(F)c1F. The average Bonchev–Trinajstić information content (AvgIpc) is 2.70. The predicted molar refractivity (Wildman–Crippen MR) is 106 cm³/mol. The second-order valence-corrected chi connectivity index (χ2v) is 7.29. The van der Waals surface area contributed by atoms with Gasteiger partial charge in [-0.1, -0.05) is 18.2 Å². The maximum atomic E-state index is 13.9. The van der Waals surface area contributed by atoms with E-state index in [0.29, 0.717) is 36.1 Å². The number of ketones is 1. The molecule has 0 spiro atoms. The van der Waals surface area contributed by atoms with Crippen LogP contribution in [0.3, 0.4) is 0 Å². The molecule has 30 heavy (non-hydrogen) atoms. The molecule has 1 N–H and O–H groups in total. The number of hydrogen-bond acceptors (Lipinski definition) is 4. The van der Waals surface area contributed by atoms with Crippen molar-refractivity contribution in [3.05, 3.63) is 86.6 Å². The highest BCUT2D eigenvalue weighted by Crippen LogP contribution is 2.29. The van der Waals surface area contributed by atoms with Crippen molar-refractivity contribution in [2.24, 2.45) is 0 Å². The van der Waals surface area contributed by atoms with Crippen LogP contribution < -0.4 is 10.9 Å². The first kappa shape index (κ1) is 19.9. The van der Waals surface area contributed by atoms with Crippen LogP contribution in [0, 0.1) is 24.4 Å². The number of fused-ring (bicyclic) bond motifs is 1. The standard InChI is InChI=1S/C22H18F3N3O2/c1-12-8-13(9-16(23)20(12)25)10-28-11-17(24)21(30)27-22(28)26-18-6-2-5-15-14(18)4-3-7-19(15)29/h2,5-6,8-9,11H,3-4,7,10H2,1H3,(H,26,27,30). The van der Waals surface area contributed by atoms with Crippen LogP contribution in [0.5, 0.6) is 0 Å². The molecule has 0 bridgehead atoms. The number of halogens is 3. The quantitative estimate of drug-likeness (QED) is 0.694. The number of nitrogens with one attached hydrogen (secondary N) is 1.